The van der Waals surface area contributed by atoms with Crippen molar-refractivity contribution in [2.75, 3.05) is 38.0 Å². The van der Waals surface area contributed by atoms with E-state index in [2.05, 4.69) is 15.5 Å². The van der Waals surface area contributed by atoms with Crippen molar-refractivity contribution in [3.63, 3.8) is 0 Å². The number of hydrogen-bond donors (Lipinski definition) is 2. The molecule has 3 rings (SSSR count). The van der Waals surface area contributed by atoms with E-state index in [1.54, 1.807) is 12.1 Å². The Labute approximate surface area is 166 Å². The molecular formula is C20H29ClN4O2. The van der Waals surface area contributed by atoms with E-state index in [9.17, 15) is 9.59 Å². The predicted octanol–water partition coefficient (Wildman–Crippen LogP) is 3.25. The largest absolute Gasteiger partial charge is 0.337 e. The van der Waals surface area contributed by atoms with Crippen molar-refractivity contribution < 1.29 is 9.59 Å². The number of anilines is 1. The van der Waals surface area contributed by atoms with E-state index in [4.69, 9.17) is 11.6 Å². The van der Waals surface area contributed by atoms with Crippen LogP contribution in [0.4, 0.5) is 10.5 Å². The van der Waals surface area contributed by atoms with Crippen molar-refractivity contribution in [1.29, 1.82) is 0 Å². The molecule has 2 aliphatic rings. The summed E-state index contributed by atoms with van der Waals surface area (Å²) in [4.78, 5) is 28.8. The van der Waals surface area contributed by atoms with Gasteiger partial charge in [0.15, 0.2) is 0 Å². The molecule has 3 amide bonds. The molecule has 1 heterocycles. The third-order valence-electron chi connectivity index (χ3n) is 5.61. The Morgan fingerprint density at radius 3 is 2.56 bits per heavy atom. The fraction of sp³-hybridized carbons (Fsp3) is 0.600. The molecule has 1 aliphatic heterocycles. The molecule has 0 atom stereocenters. The molecule has 148 valence electrons. The van der Waals surface area contributed by atoms with Crippen LogP contribution in [0, 0.1) is 6.92 Å². The first-order chi connectivity index (χ1) is 13.0. The number of carbonyl (C=O) groups excluding carboxylic acids is 2. The number of nitrogens with zero attached hydrogens (tertiary/aromatic N) is 2. The highest BCUT2D eigenvalue weighted by Crippen LogP contribution is 2.24. The average Bonchev–Trinajstić information content (AvgIpc) is 3.20. The van der Waals surface area contributed by atoms with Gasteiger partial charge in [-0.25, -0.2) is 4.79 Å². The summed E-state index contributed by atoms with van der Waals surface area (Å²) in [5.74, 6) is -0.133. The number of urea groups is 1. The summed E-state index contributed by atoms with van der Waals surface area (Å²) in [6.45, 7) is 5.61. The Kier molecular flexibility index (Phi) is 6.96. The molecule has 7 heteroatoms. The van der Waals surface area contributed by atoms with Crippen LogP contribution in [-0.4, -0.2) is 60.5 Å². The lowest BCUT2D eigenvalue weighted by Gasteiger charge is -2.38. The average molecular weight is 393 g/mol. The maximum atomic E-state index is 12.3. The summed E-state index contributed by atoms with van der Waals surface area (Å²) < 4.78 is 0. The number of benzene rings is 1. The summed E-state index contributed by atoms with van der Waals surface area (Å²) in [5.41, 5.74) is 1.55. The first-order valence-corrected chi connectivity index (χ1v) is 10.2. The third kappa shape index (κ3) is 5.36. The molecule has 1 aromatic carbocycles. The topological polar surface area (TPSA) is 64.7 Å². The summed E-state index contributed by atoms with van der Waals surface area (Å²) in [7, 11) is 0. The molecule has 2 N–H and O–H groups in total. The van der Waals surface area contributed by atoms with Gasteiger partial charge in [-0.15, -0.1) is 0 Å². The van der Waals surface area contributed by atoms with Gasteiger partial charge in [-0.1, -0.05) is 30.5 Å². The van der Waals surface area contributed by atoms with Gasteiger partial charge in [0.1, 0.15) is 0 Å². The van der Waals surface area contributed by atoms with Gasteiger partial charge < -0.3 is 15.5 Å². The zero-order valence-corrected chi connectivity index (χ0v) is 16.7. The SMILES string of the molecule is Cc1c(Cl)cccc1NC(=O)CCNC(=O)N1CCN(C2CCCC2)CC1. The van der Waals surface area contributed by atoms with Crippen LogP contribution in [0.2, 0.25) is 5.02 Å². The maximum Gasteiger partial charge on any atom is 0.317 e. The Hall–Kier alpha value is -1.79. The van der Waals surface area contributed by atoms with Crippen molar-refractivity contribution >= 4 is 29.2 Å². The van der Waals surface area contributed by atoms with E-state index in [-0.39, 0.29) is 18.4 Å². The molecule has 0 aromatic heterocycles. The van der Waals surface area contributed by atoms with Gasteiger partial charge in [-0.2, -0.15) is 0 Å². The number of rotatable bonds is 5. The Morgan fingerprint density at radius 2 is 1.85 bits per heavy atom. The lowest BCUT2D eigenvalue weighted by Crippen LogP contribution is -2.54. The van der Waals surface area contributed by atoms with E-state index in [0.29, 0.717) is 23.3 Å². The smallest absolute Gasteiger partial charge is 0.317 e. The first kappa shape index (κ1) is 20.0. The summed E-state index contributed by atoms with van der Waals surface area (Å²) in [5, 5.41) is 6.33. The van der Waals surface area contributed by atoms with Crippen molar-refractivity contribution in [2.45, 2.75) is 45.1 Å². The molecule has 2 fully saturated rings. The van der Waals surface area contributed by atoms with E-state index in [1.807, 2.05) is 17.9 Å². The number of piperazine rings is 1. The Morgan fingerprint density at radius 1 is 1.15 bits per heavy atom. The number of hydrogen-bond acceptors (Lipinski definition) is 3. The van der Waals surface area contributed by atoms with Gasteiger partial charge in [0.25, 0.3) is 0 Å². The number of halogens is 1. The number of amides is 3. The third-order valence-corrected chi connectivity index (χ3v) is 6.02. The molecule has 0 bridgehead atoms. The van der Waals surface area contributed by atoms with E-state index in [1.165, 1.54) is 25.7 Å². The highest BCUT2D eigenvalue weighted by Gasteiger charge is 2.27. The maximum absolute atomic E-state index is 12.3. The summed E-state index contributed by atoms with van der Waals surface area (Å²) in [6.07, 6.45) is 5.50. The second-order valence-corrected chi connectivity index (χ2v) is 7.81. The van der Waals surface area contributed by atoms with Crippen LogP contribution in [0.25, 0.3) is 0 Å². The van der Waals surface area contributed by atoms with Gasteiger partial charge >= 0.3 is 6.03 Å². The van der Waals surface area contributed by atoms with E-state index < -0.39 is 0 Å². The minimum atomic E-state index is -0.133. The highest BCUT2D eigenvalue weighted by atomic mass is 35.5. The molecule has 0 spiro atoms. The van der Waals surface area contributed by atoms with Crippen LogP contribution in [0.3, 0.4) is 0 Å². The monoisotopic (exact) mass is 392 g/mol. The predicted molar refractivity (Wildman–Crippen MR) is 108 cm³/mol. The molecule has 1 saturated carbocycles. The first-order valence-electron chi connectivity index (χ1n) is 9.86. The fourth-order valence-corrected chi connectivity index (χ4v) is 4.08. The van der Waals surface area contributed by atoms with E-state index >= 15 is 0 Å². The normalized spacial score (nSPS) is 18.5. The second kappa shape index (κ2) is 9.42. The van der Waals surface area contributed by atoms with Crippen LogP contribution in [-0.2, 0) is 4.79 Å². The van der Waals surface area contributed by atoms with Crippen molar-refractivity contribution in [2.24, 2.45) is 0 Å². The molecule has 1 aromatic rings. The van der Waals surface area contributed by atoms with Crippen molar-refractivity contribution in [3.05, 3.63) is 28.8 Å². The molecule has 27 heavy (non-hydrogen) atoms. The van der Waals surface area contributed by atoms with Gasteiger partial charge in [0.2, 0.25) is 5.91 Å². The van der Waals surface area contributed by atoms with Crippen molar-refractivity contribution in [3.8, 4) is 0 Å². The zero-order valence-electron chi connectivity index (χ0n) is 16.0. The van der Waals surface area contributed by atoms with Gasteiger partial charge in [0.05, 0.1) is 0 Å². The van der Waals surface area contributed by atoms with Gasteiger partial charge in [-0.05, 0) is 37.5 Å². The molecule has 6 nitrogen and oxygen atoms in total. The molecule has 0 radical (unpaired) electrons. The summed E-state index contributed by atoms with van der Waals surface area (Å²) >= 11 is 6.06. The minimum absolute atomic E-state index is 0.0761. The van der Waals surface area contributed by atoms with Crippen LogP contribution in [0.15, 0.2) is 18.2 Å². The Balaban J connectivity index is 1.36. The summed E-state index contributed by atoms with van der Waals surface area (Å²) in [6, 6.07) is 6.06. The molecule has 1 saturated heterocycles. The van der Waals surface area contributed by atoms with Crippen LogP contribution < -0.4 is 10.6 Å². The van der Waals surface area contributed by atoms with Crippen molar-refractivity contribution in [1.82, 2.24) is 15.1 Å². The molecule has 1 aliphatic carbocycles. The standard InChI is InChI=1S/C20H29ClN4O2/c1-15-17(21)7-4-8-18(15)23-19(26)9-10-22-20(27)25-13-11-24(12-14-25)16-5-2-3-6-16/h4,7-8,16H,2-3,5-6,9-14H2,1H3,(H,22,27)(H,23,26). The van der Waals surface area contributed by atoms with Gasteiger partial charge in [-0.3, -0.25) is 9.69 Å². The quantitative estimate of drug-likeness (QED) is 0.808. The van der Waals surface area contributed by atoms with Gasteiger partial charge in [0, 0.05) is 55.9 Å². The van der Waals surface area contributed by atoms with Crippen LogP contribution >= 0.6 is 11.6 Å². The molecular weight excluding hydrogens is 364 g/mol. The highest BCUT2D eigenvalue weighted by molar-refractivity contribution is 6.31. The number of nitrogens with one attached hydrogen (secondary N) is 2. The second-order valence-electron chi connectivity index (χ2n) is 7.40. The minimum Gasteiger partial charge on any atom is -0.337 e. The molecule has 0 unspecified atom stereocenters. The van der Waals surface area contributed by atoms with Crippen LogP contribution in [0.5, 0.6) is 0 Å². The van der Waals surface area contributed by atoms with E-state index in [0.717, 1.165) is 31.7 Å². The fourth-order valence-electron chi connectivity index (χ4n) is 3.91. The lowest BCUT2D eigenvalue weighted by molar-refractivity contribution is -0.116. The van der Waals surface area contributed by atoms with Crippen LogP contribution in [0.1, 0.15) is 37.7 Å². The number of carbonyl (C=O) groups is 2. The Bertz CT molecular complexity index is 668. The zero-order chi connectivity index (χ0) is 19.2. The lowest BCUT2D eigenvalue weighted by atomic mass is 10.2.